The molecule has 0 saturated heterocycles. The Balaban J connectivity index is 1.28. The van der Waals surface area contributed by atoms with Crippen LogP contribution in [0.2, 0.25) is 0 Å². The maximum Gasteiger partial charge on any atom is 0.183 e. The Kier molecular flexibility index (Phi) is 6.14. The summed E-state index contributed by atoms with van der Waals surface area (Å²) >= 11 is 0. The lowest BCUT2D eigenvalue weighted by atomic mass is 9.82. The first-order valence-electron chi connectivity index (χ1n) is 16.2. The molecule has 3 N–H and O–H groups in total. The Morgan fingerprint density at radius 1 is 0.723 bits per heavy atom. The summed E-state index contributed by atoms with van der Waals surface area (Å²) in [6, 6.07) is 46.7. The van der Waals surface area contributed by atoms with Crippen molar-refractivity contribution in [1.82, 2.24) is 9.88 Å². The van der Waals surface area contributed by atoms with Crippen LogP contribution in [0.3, 0.4) is 0 Å². The number of fused-ring (bicyclic) bond motifs is 10. The van der Waals surface area contributed by atoms with Crippen molar-refractivity contribution in [2.45, 2.75) is 32.1 Å². The number of aromatic nitrogens is 1. The second-order valence-electron chi connectivity index (χ2n) is 13.0. The summed E-state index contributed by atoms with van der Waals surface area (Å²) in [6.45, 7) is 5.28. The van der Waals surface area contributed by atoms with Gasteiger partial charge in [0.2, 0.25) is 0 Å². The Morgan fingerprint density at radius 3 is 2.32 bits per heavy atom. The fourth-order valence-corrected chi connectivity index (χ4v) is 7.70. The molecule has 5 nitrogen and oxygen atoms in total. The maximum atomic E-state index is 6.97. The molecular weight excluding hydrogens is 576 g/mol. The second-order valence-corrected chi connectivity index (χ2v) is 13.0. The van der Waals surface area contributed by atoms with E-state index in [4.69, 9.17) is 15.1 Å². The van der Waals surface area contributed by atoms with Crippen molar-refractivity contribution in [1.29, 1.82) is 0 Å². The van der Waals surface area contributed by atoms with Gasteiger partial charge in [0.05, 0.1) is 16.6 Å². The van der Waals surface area contributed by atoms with E-state index in [1.807, 2.05) is 36.4 Å². The summed E-state index contributed by atoms with van der Waals surface area (Å²) in [5.74, 6) is 0.416. The number of nitrogens with zero attached hydrogens (tertiary/aromatic N) is 2. The number of hydrogen-bond donors (Lipinski definition) is 2. The standard InChI is InChI=1S/C42H34N4O/c1-42(2)32-20-9-6-16-29(32)37-33(42)23-24-35-38(37)30-17-7-10-21-34(30)46(35)41(44-25-26-13-4-3-5-14-26)45-40(43)31-19-12-18-28-27-15-8-11-22-36(27)47-39(28)31/h3-24,41,44H,25H2,1-2H3,(H2,43,45). The number of furan rings is 1. The molecule has 0 spiro atoms. The van der Waals surface area contributed by atoms with E-state index < -0.39 is 6.29 Å². The van der Waals surface area contributed by atoms with E-state index in [-0.39, 0.29) is 5.41 Å². The summed E-state index contributed by atoms with van der Waals surface area (Å²) in [4.78, 5) is 5.28. The SMILES string of the molecule is CC1(C)c2ccccc2-c2c1ccc1c2c2ccccc2n1C(/N=C(\N)c1cccc2c1oc1ccccc12)NCc1ccccc1. The van der Waals surface area contributed by atoms with Gasteiger partial charge in [-0.1, -0.05) is 123 Å². The van der Waals surface area contributed by atoms with Crippen molar-refractivity contribution in [2.24, 2.45) is 10.7 Å². The van der Waals surface area contributed by atoms with Crippen LogP contribution in [0.5, 0.6) is 0 Å². The number of aliphatic imine (C=N–C) groups is 1. The molecule has 1 aliphatic carbocycles. The molecule has 1 atom stereocenters. The quantitative estimate of drug-likeness (QED) is 0.145. The minimum absolute atomic E-state index is 0.0951. The first-order chi connectivity index (χ1) is 23.0. The van der Waals surface area contributed by atoms with Crippen LogP contribution in [-0.4, -0.2) is 10.4 Å². The molecular formula is C42H34N4O. The molecule has 5 heteroatoms. The lowest BCUT2D eigenvalue weighted by Gasteiger charge is -2.22. The average Bonchev–Trinajstić information content (AvgIpc) is 3.73. The van der Waals surface area contributed by atoms with Crippen molar-refractivity contribution in [2.75, 3.05) is 0 Å². The molecule has 0 amide bonds. The highest BCUT2D eigenvalue weighted by Gasteiger charge is 2.37. The second kappa shape index (κ2) is 10.4. The van der Waals surface area contributed by atoms with Crippen molar-refractivity contribution in [3.05, 3.63) is 156 Å². The van der Waals surface area contributed by atoms with Crippen LogP contribution in [0.25, 0.3) is 54.9 Å². The van der Waals surface area contributed by atoms with Gasteiger partial charge >= 0.3 is 0 Å². The first-order valence-corrected chi connectivity index (χ1v) is 16.2. The number of hydrogen-bond acceptors (Lipinski definition) is 3. The predicted octanol–water partition coefficient (Wildman–Crippen LogP) is 9.65. The van der Waals surface area contributed by atoms with Crippen LogP contribution in [0.15, 0.2) is 143 Å². The molecule has 2 heterocycles. The van der Waals surface area contributed by atoms with Crippen LogP contribution >= 0.6 is 0 Å². The van der Waals surface area contributed by atoms with Gasteiger partial charge < -0.3 is 14.7 Å². The van der Waals surface area contributed by atoms with E-state index >= 15 is 0 Å². The molecule has 2 aromatic heterocycles. The van der Waals surface area contributed by atoms with Crippen molar-refractivity contribution < 1.29 is 4.42 Å². The van der Waals surface area contributed by atoms with Crippen molar-refractivity contribution in [3.63, 3.8) is 0 Å². The zero-order chi connectivity index (χ0) is 31.7. The van der Waals surface area contributed by atoms with Crippen LogP contribution in [0, 0.1) is 0 Å². The summed E-state index contributed by atoms with van der Waals surface area (Å²) < 4.78 is 8.67. The van der Waals surface area contributed by atoms with Crippen LogP contribution in [0.4, 0.5) is 0 Å². The van der Waals surface area contributed by atoms with Crippen molar-refractivity contribution in [3.8, 4) is 11.1 Å². The minimum Gasteiger partial charge on any atom is -0.455 e. The normalized spacial score (nSPS) is 14.6. The third kappa shape index (κ3) is 4.17. The summed E-state index contributed by atoms with van der Waals surface area (Å²) in [5, 5.41) is 8.30. The smallest absolute Gasteiger partial charge is 0.183 e. The number of benzene rings is 6. The Labute approximate surface area is 273 Å². The zero-order valence-electron chi connectivity index (χ0n) is 26.4. The highest BCUT2D eigenvalue weighted by molar-refractivity contribution is 6.17. The zero-order valence-corrected chi connectivity index (χ0v) is 26.4. The molecule has 1 unspecified atom stereocenters. The van der Waals surface area contributed by atoms with Gasteiger partial charge in [0.25, 0.3) is 0 Å². The maximum absolute atomic E-state index is 6.97. The fourth-order valence-electron chi connectivity index (χ4n) is 7.70. The monoisotopic (exact) mass is 610 g/mol. The highest BCUT2D eigenvalue weighted by atomic mass is 16.3. The van der Waals surface area contributed by atoms with Crippen molar-refractivity contribution >= 4 is 49.6 Å². The molecule has 1 aliphatic rings. The summed E-state index contributed by atoms with van der Waals surface area (Å²) in [6.07, 6.45) is -0.500. The van der Waals surface area contributed by atoms with Gasteiger partial charge in [-0.3, -0.25) is 5.32 Å². The van der Waals surface area contributed by atoms with E-state index in [1.165, 1.54) is 38.6 Å². The lowest BCUT2D eigenvalue weighted by molar-refractivity contribution is 0.439. The van der Waals surface area contributed by atoms with Gasteiger partial charge in [0, 0.05) is 33.5 Å². The molecule has 0 bridgehead atoms. The van der Waals surface area contributed by atoms with Gasteiger partial charge in [-0.25, -0.2) is 4.99 Å². The van der Waals surface area contributed by atoms with E-state index in [0.717, 1.165) is 38.5 Å². The molecule has 0 aliphatic heterocycles. The van der Waals surface area contributed by atoms with Crippen LogP contribution in [0.1, 0.15) is 42.4 Å². The Hall–Kier alpha value is -5.65. The van der Waals surface area contributed by atoms with Gasteiger partial charge in [-0.2, -0.15) is 0 Å². The number of rotatable bonds is 6. The van der Waals surface area contributed by atoms with Crippen LogP contribution in [-0.2, 0) is 12.0 Å². The molecule has 0 saturated carbocycles. The van der Waals surface area contributed by atoms with Gasteiger partial charge in [-0.15, -0.1) is 0 Å². The third-order valence-electron chi connectivity index (χ3n) is 9.94. The average molecular weight is 611 g/mol. The number of amidine groups is 1. The number of nitrogens with two attached hydrogens (primary N) is 1. The lowest BCUT2D eigenvalue weighted by Crippen LogP contribution is -2.28. The molecule has 0 fully saturated rings. The van der Waals surface area contributed by atoms with Gasteiger partial charge in [0.15, 0.2) is 6.29 Å². The predicted molar refractivity (Wildman–Crippen MR) is 194 cm³/mol. The molecule has 8 aromatic rings. The molecule has 0 radical (unpaired) electrons. The van der Waals surface area contributed by atoms with Gasteiger partial charge in [0.1, 0.15) is 17.0 Å². The highest BCUT2D eigenvalue weighted by Crippen LogP contribution is 2.53. The topological polar surface area (TPSA) is 68.5 Å². The number of nitrogens with one attached hydrogen (secondary N) is 1. The molecule has 9 rings (SSSR count). The first kappa shape index (κ1) is 27.6. The fraction of sp³-hybridized carbons (Fsp3) is 0.119. The molecule has 228 valence electrons. The third-order valence-corrected chi connectivity index (χ3v) is 9.94. The Bertz CT molecular complexity index is 2520. The van der Waals surface area contributed by atoms with Gasteiger partial charge in [-0.05, 0) is 52.1 Å². The largest absolute Gasteiger partial charge is 0.455 e. The Morgan fingerprint density at radius 2 is 1.45 bits per heavy atom. The minimum atomic E-state index is -0.500. The van der Waals surface area contributed by atoms with E-state index in [9.17, 15) is 0 Å². The molecule has 47 heavy (non-hydrogen) atoms. The number of para-hydroxylation sites is 3. The van der Waals surface area contributed by atoms with Crippen LogP contribution < -0.4 is 11.1 Å². The summed E-state index contributed by atoms with van der Waals surface area (Å²) in [7, 11) is 0. The van der Waals surface area contributed by atoms with E-state index in [2.05, 4.69) is 121 Å². The van der Waals surface area contributed by atoms with E-state index in [0.29, 0.717) is 12.4 Å². The molecule has 6 aromatic carbocycles. The van der Waals surface area contributed by atoms with E-state index in [1.54, 1.807) is 0 Å². The summed E-state index contributed by atoms with van der Waals surface area (Å²) in [5.41, 5.74) is 17.9.